The fraction of sp³-hybridized carbons (Fsp3) is 0.0526. The number of hydrogen-bond acceptors (Lipinski definition) is 3. The Kier molecular flexibility index (Phi) is 4.70. The molecule has 124 valence electrons. The van der Waals surface area contributed by atoms with Gasteiger partial charge in [-0.05, 0) is 54.4 Å². The number of nitrogens with one attached hydrogen (secondary N) is 1. The summed E-state index contributed by atoms with van der Waals surface area (Å²) in [5.74, 6) is -1.01. The molecule has 0 unspecified atom stereocenters. The van der Waals surface area contributed by atoms with E-state index in [4.69, 9.17) is 5.41 Å². The first-order valence-corrected chi connectivity index (χ1v) is 7.50. The third-order valence-electron chi connectivity index (χ3n) is 3.56. The van der Waals surface area contributed by atoms with Crippen molar-refractivity contribution in [3.05, 3.63) is 83.9 Å². The molecule has 0 radical (unpaired) electrons. The summed E-state index contributed by atoms with van der Waals surface area (Å²) >= 11 is 0. The molecule has 25 heavy (non-hydrogen) atoms. The molecule has 0 aliphatic rings. The molecule has 2 aromatic heterocycles. The molecule has 0 aliphatic heterocycles. The maximum absolute atomic E-state index is 14.0. The van der Waals surface area contributed by atoms with Gasteiger partial charge in [0.15, 0.2) is 5.84 Å². The van der Waals surface area contributed by atoms with Crippen LogP contribution in [-0.2, 0) is 0 Å². The van der Waals surface area contributed by atoms with E-state index in [2.05, 4.69) is 15.0 Å². The standard InChI is InChI=1S/C19H14F2N4/c1-12(25-19(22)18-5-4-16(20)11-24-18)14-7-15(9-17(21)8-14)13-3-2-6-23-10-13/h2-11,22H,1H3/b22-19?,25-12+. The van der Waals surface area contributed by atoms with Crippen molar-refractivity contribution in [1.82, 2.24) is 9.97 Å². The second-order valence-corrected chi connectivity index (χ2v) is 5.38. The minimum absolute atomic E-state index is 0.121. The van der Waals surface area contributed by atoms with Crippen LogP contribution in [0.25, 0.3) is 11.1 Å². The van der Waals surface area contributed by atoms with Crippen molar-refractivity contribution >= 4 is 11.5 Å². The molecule has 0 saturated heterocycles. The highest BCUT2D eigenvalue weighted by molar-refractivity contribution is 6.10. The first kappa shape index (κ1) is 16.6. The third-order valence-corrected chi connectivity index (χ3v) is 3.56. The average molecular weight is 336 g/mol. The summed E-state index contributed by atoms with van der Waals surface area (Å²) in [6.45, 7) is 1.68. The van der Waals surface area contributed by atoms with E-state index in [1.807, 2.05) is 6.07 Å². The Balaban J connectivity index is 1.94. The molecule has 0 spiro atoms. The number of benzene rings is 1. The number of pyridine rings is 2. The number of hydrogen-bond donors (Lipinski definition) is 1. The average Bonchev–Trinajstić information content (AvgIpc) is 2.62. The fourth-order valence-electron chi connectivity index (χ4n) is 2.30. The summed E-state index contributed by atoms with van der Waals surface area (Å²) in [7, 11) is 0. The van der Waals surface area contributed by atoms with Crippen molar-refractivity contribution in [3.63, 3.8) is 0 Å². The molecule has 1 aromatic carbocycles. The smallest absolute Gasteiger partial charge is 0.170 e. The Morgan fingerprint density at radius 2 is 1.84 bits per heavy atom. The second-order valence-electron chi connectivity index (χ2n) is 5.38. The first-order valence-electron chi connectivity index (χ1n) is 7.50. The maximum atomic E-state index is 14.0. The van der Waals surface area contributed by atoms with E-state index in [1.165, 1.54) is 24.3 Å². The van der Waals surface area contributed by atoms with Gasteiger partial charge in [-0.1, -0.05) is 6.07 Å². The van der Waals surface area contributed by atoms with Gasteiger partial charge in [-0.3, -0.25) is 10.4 Å². The minimum atomic E-state index is -0.483. The number of rotatable bonds is 3. The number of amidine groups is 1. The second kappa shape index (κ2) is 7.09. The van der Waals surface area contributed by atoms with Gasteiger partial charge in [0.25, 0.3) is 0 Å². The summed E-state index contributed by atoms with van der Waals surface area (Å²) in [5, 5.41) is 7.98. The Labute approximate surface area is 143 Å². The molecule has 0 fully saturated rings. The van der Waals surface area contributed by atoms with E-state index >= 15 is 0 Å². The molecule has 2 heterocycles. The van der Waals surface area contributed by atoms with Crippen LogP contribution in [0.15, 0.2) is 66.0 Å². The van der Waals surface area contributed by atoms with Crippen molar-refractivity contribution in [2.45, 2.75) is 6.92 Å². The molecule has 3 aromatic rings. The maximum Gasteiger partial charge on any atom is 0.170 e. The highest BCUT2D eigenvalue weighted by atomic mass is 19.1. The molecule has 1 N–H and O–H groups in total. The predicted molar refractivity (Wildman–Crippen MR) is 92.9 cm³/mol. The number of halogens is 2. The number of nitrogens with zero attached hydrogens (tertiary/aromatic N) is 3. The first-order chi connectivity index (χ1) is 12.0. The zero-order chi connectivity index (χ0) is 17.8. The number of aromatic nitrogens is 2. The lowest BCUT2D eigenvalue weighted by molar-refractivity contribution is 0.621. The van der Waals surface area contributed by atoms with Crippen LogP contribution in [0, 0.1) is 17.0 Å². The lowest BCUT2D eigenvalue weighted by Gasteiger charge is -2.07. The lowest BCUT2D eigenvalue weighted by atomic mass is 10.0. The Bertz CT molecular complexity index is 935. The van der Waals surface area contributed by atoms with Crippen LogP contribution in [0.1, 0.15) is 18.2 Å². The topological polar surface area (TPSA) is 62.0 Å². The largest absolute Gasteiger partial charge is 0.281 e. The van der Waals surface area contributed by atoms with Gasteiger partial charge in [-0.2, -0.15) is 0 Å². The van der Waals surface area contributed by atoms with E-state index in [1.54, 1.807) is 31.5 Å². The molecule has 6 heteroatoms. The van der Waals surface area contributed by atoms with Crippen LogP contribution >= 0.6 is 0 Å². The van der Waals surface area contributed by atoms with Crippen molar-refractivity contribution in [2.24, 2.45) is 4.99 Å². The molecule has 4 nitrogen and oxygen atoms in total. The minimum Gasteiger partial charge on any atom is -0.281 e. The van der Waals surface area contributed by atoms with E-state index in [9.17, 15) is 8.78 Å². The number of aliphatic imine (C=N–C) groups is 1. The van der Waals surface area contributed by atoms with Crippen LogP contribution in [0.4, 0.5) is 8.78 Å². The fourth-order valence-corrected chi connectivity index (χ4v) is 2.30. The van der Waals surface area contributed by atoms with Gasteiger partial charge < -0.3 is 0 Å². The van der Waals surface area contributed by atoms with Crippen LogP contribution in [-0.4, -0.2) is 21.5 Å². The van der Waals surface area contributed by atoms with Crippen molar-refractivity contribution in [2.75, 3.05) is 0 Å². The van der Waals surface area contributed by atoms with Gasteiger partial charge in [0.05, 0.1) is 6.20 Å². The van der Waals surface area contributed by atoms with Gasteiger partial charge in [-0.15, -0.1) is 0 Å². The SMILES string of the molecule is C/C(=N\C(=N)c1ccc(F)cn1)c1cc(F)cc(-c2cccnc2)c1. The Morgan fingerprint density at radius 1 is 1.00 bits per heavy atom. The van der Waals surface area contributed by atoms with Crippen molar-refractivity contribution in [1.29, 1.82) is 5.41 Å². The normalized spacial score (nSPS) is 11.4. The quantitative estimate of drug-likeness (QED) is 0.574. The van der Waals surface area contributed by atoms with E-state index < -0.39 is 11.6 Å². The molecule has 0 bridgehead atoms. The van der Waals surface area contributed by atoms with E-state index in [-0.39, 0.29) is 11.5 Å². The predicted octanol–water partition coefficient (Wildman–Crippen LogP) is 4.26. The van der Waals surface area contributed by atoms with Crippen LogP contribution in [0.3, 0.4) is 0 Å². The summed E-state index contributed by atoms with van der Waals surface area (Å²) in [6, 6.07) is 10.7. The van der Waals surface area contributed by atoms with Gasteiger partial charge in [0.2, 0.25) is 0 Å². The molecule has 0 amide bonds. The highest BCUT2D eigenvalue weighted by Gasteiger charge is 2.08. The molecule has 0 atom stereocenters. The van der Waals surface area contributed by atoms with Crippen molar-refractivity contribution in [3.8, 4) is 11.1 Å². The summed E-state index contributed by atoms with van der Waals surface area (Å²) in [6.07, 6.45) is 4.32. The molecular formula is C19H14F2N4. The summed E-state index contributed by atoms with van der Waals surface area (Å²) in [4.78, 5) is 12.0. The van der Waals surface area contributed by atoms with Crippen LogP contribution in [0.2, 0.25) is 0 Å². The van der Waals surface area contributed by atoms with Gasteiger partial charge in [0, 0.05) is 23.7 Å². The molecule has 0 aliphatic carbocycles. The van der Waals surface area contributed by atoms with E-state index in [0.717, 1.165) is 11.8 Å². The van der Waals surface area contributed by atoms with E-state index in [0.29, 0.717) is 16.8 Å². The van der Waals surface area contributed by atoms with Gasteiger partial charge >= 0.3 is 0 Å². The van der Waals surface area contributed by atoms with Crippen LogP contribution in [0.5, 0.6) is 0 Å². The third kappa shape index (κ3) is 3.98. The van der Waals surface area contributed by atoms with Crippen molar-refractivity contribution < 1.29 is 8.78 Å². The summed E-state index contributed by atoms with van der Waals surface area (Å²) < 4.78 is 26.9. The summed E-state index contributed by atoms with van der Waals surface area (Å²) in [5.41, 5.74) is 2.70. The van der Waals surface area contributed by atoms with Crippen LogP contribution < -0.4 is 0 Å². The Hall–Kier alpha value is -3.28. The molecule has 0 saturated carbocycles. The zero-order valence-corrected chi connectivity index (χ0v) is 13.4. The molecular weight excluding hydrogens is 322 g/mol. The highest BCUT2D eigenvalue weighted by Crippen LogP contribution is 2.21. The monoisotopic (exact) mass is 336 g/mol. The lowest BCUT2D eigenvalue weighted by Crippen LogP contribution is -2.05. The zero-order valence-electron chi connectivity index (χ0n) is 13.4. The molecule has 3 rings (SSSR count). The van der Waals surface area contributed by atoms with Gasteiger partial charge in [0.1, 0.15) is 17.3 Å². The van der Waals surface area contributed by atoms with Gasteiger partial charge in [-0.25, -0.2) is 18.8 Å². The Morgan fingerprint density at radius 3 is 2.52 bits per heavy atom.